The summed E-state index contributed by atoms with van der Waals surface area (Å²) in [4.78, 5) is 21.0. The van der Waals surface area contributed by atoms with Crippen molar-refractivity contribution in [3.05, 3.63) is 42.4 Å². The Morgan fingerprint density at radius 1 is 1.29 bits per heavy atom. The molecular weight excluding hydrogens is 500 g/mol. The van der Waals surface area contributed by atoms with Crippen LogP contribution in [0.4, 0.5) is 4.79 Å². The van der Waals surface area contributed by atoms with Crippen molar-refractivity contribution in [2.45, 2.75) is 29.5 Å². The quantitative estimate of drug-likeness (QED) is 0.466. The van der Waals surface area contributed by atoms with Crippen LogP contribution in [-0.4, -0.2) is 67.0 Å². The summed E-state index contributed by atoms with van der Waals surface area (Å²) in [6.07, 6.45) is 3.98. The Morgan fingerprint density at radius 3 is 2.85 bits per heavy atom. The van der Waals surface area contributed by atoms with Crippen LogP contribution < -0.4 is 4.72 Å². The Bertz CT molecular complexity index is 1520. The number of H-pyrrole nitrogens is 1. The van der Waals surface area contributed by atoms with Crippen LogP contribution in [0.25, 0.3) is 27.0 Å². The SMILES string of the molecule is O=C(O)N1C=C(c2cc3c(-c4ccc(S(=O)(=O)NC5CCS(=O)(=O)C5)s4)ccnc3[nH]2)CCC1. The molecule has 1 unspecified atom stereocenters. The van der Waals surface area contributed by atoms with Gasteiger partial charge in [-0.1, -0.05) is 0 Å². The van der Waals surface area contributed by atoms with E-state index < -0.39 is 32.0 Å². The molecule has 13 heteroatoms. The maximum absolute atomic E-state index is 12.8. The van der Waals surface area contributed by atoms with Gasteiger partial charge in [0.05, 0.1) is 11.5 Å². The zero-order valence-electron chi connectivity index (χ0n) is 17.9. The molecule has 5 heterocycles. The van der Waals surface area contributed by atoms with Gasteiger partial charge in [0.15, 0.2) is 9.84 Å². The van der Waals surface area contributed by atoms with Crippen molar-refractivity contribution in [2.75, 3.05) is 18.1 Å². The van der Waals surface area contributed by atoms with Crippen LogP contribution in [0.1, 0.15) is 25.0 Å². The van der Waals surface area contributed by atoms with Crippen molar-refractivity contribution in [3.63, 3.8) is 0 Å². The van der Waals surface area contributed by atoms with E-state index in [1.54, 1.807) is 24.5 Å². The number of nitrogens with zero attached hydrogens (tertiary/aromatic N) is 2. The molecule has 1 saturated heterocycles. The first-order chi connectivity index (χ1) is 16.1. The summed E-state index contributed by atoms with van der Waals surface area (Å²) in [7, 11) is -7.05. The first-order valence-electron chi connectivity index (χ1n) is 10.6. The van der Waals surface area contributed by atoms with Crippen molar-refractivity contribution in [1.82, 2.24) is 19.6 Å². The highest BCUT2D eigenvalue weighted by Gasteiger charge is 2.32. The molecule has 5 rings (SSSR count). The molecule has 0 bridgehead atoms. The summed E-state index contributed by atoms with van der Waals surface area (Å²) in [6.45, 7) is 0.454. The van der Waals surface area contributed by atoms with Gasteiger partial charge >= 0.3 is 6.09 Å². The average molecular weight is 523 g/mol. The van der Waals surface area contributed by atoms with E-state index in [1.165, 1.54) is 11.0 Å². The Morgan fingerprint density at radius 2 is 2.12 bits per heavy atom. The first-order valence-corrected chi connectivity index (χ1v) is 14.7. The number of fused-ring (bicyclic) bond motifs is 1. The summed E-state index contributed by atoms with van der Waals surface area (Å²) in [6, 6.07) is 6.33. The predicted octanol–water partition coefficient (Wildman–Crippen LogP) is 2.87. The molecule has 0 aromatic carbocycles. The number of sulfone groups is 1. The molecular formula is C21H22N4O6S3. The summed E-state index contributed by atoms with van der Waals surface area (Å²) < 4.78 is 51.6. The van der Waals surface area contributed by atoms with E-state index >= 15 is 0 Å². The van der Waals surface area contributed by atoms with Gasteiger partial charge in [0.25, 0.3) is 0 Å². The Labute approximate surface area is 200 Å². The van der Waals surface area contributed by atoms with Crippen molar-refractivity contribution >= 4 is 53.9 Å². The molecule has 1 atom stereocenters. The number of nitrogens with one attached hydrogen (secondary N) is 2. The van der Waals surface area contributed by atoms with E-state index in [2.05, 4.69) is 14.7 Å². The molecule has 3 aromatic heterocycles. The third kappa shape index (κ3) is 4.48. The second kappa shape index (κ2) is 8.48. The van der Waals surface area contributed by atoms with Gasteiger partial charge in [0, 0.05) is 46.5 Å². The molecule has 180 valence electrons. The van der Waals surface area contributed by atoms with Crippen molar-refractivity contribution in [2.24, 2.45) is 0 Å². The molecule has 3 N–H and O–H groups in total. The standard InChI is InChI=1S/C21H22N4O6S3/c26-21(27)25-8-1-2-13(11-25)17-10-16-15(5-7-22-20(16)23-17)18-3-4-19(32-18)34(30,31)24-14-6-9-33(28,29)12-14/h3-5,7,10-11,14,24H,1-2,6,8-9,12H2,(H,22,23)(H,26,27). The number of hydrogen-bond acceptors (Lipinski definition) is 7. The van der Waals surface area contributed by atoms with E-state index in [-0.39, 0.29) is 22.1 Å². The van der Waals surface area contributed by atoms with Gasteiger partial charge in [-0.3, -0.25) is 4.90 Å². The maximum Gasteiger partial charge on any atom is 0.411 e. The topological polar surface area (TPSA) is 150 Å². The lowest BCUT2D eigenvalue weighted by Gasteiger charge is -2.21. The van der Waals surface area contributed by atoms with Gasteiger partial charge in [0.1, 0.15) is 9.86 Å². The van der Waals surface area contributed by atoms with Crippen LogP contribution in [0.3, 0.4) is 0 Å². The van der Waals surface area contributed by atoms with Gasteiger partial charge in [-0.25, -0.2) is 31.3 Å². The number of aromatic amines is 1. The highest BCUT2D eigenvalue weighted by Crippen LogP contribution is 2.36. The van der Waals surface area contributed by atoms with Gasteiger partial charge in [-0.05, 0) is 49.1 Å². The summed E-state index contributed by atoms with van der Waals surface area (Å²) in [5.41, 5.74) is 3.05. The number of carbonyl (C=O) groups is 1. The van der Waals surface area contributed by atoms with Gasteiger partial charge in [-0.15, -0.1) is 11.3 Å². The number of allylic oxidation sites excluding steroid dienone is 1. The summed E-state index contributed by atoms with van der Waals surface area (Å²) in [5.74, 6) is -0.196. The maximum atomic E-state index is 12.8. The number of thiophene rings is 1. The van der Waals surface area contributed by atoms with Crippen molar-refractivity contribution in [1.29, 1.82) is 0 Å². The van der Waals surface area contributed by atoms with Gasteiger partial charge < -0.3 is 10.1 Å². The van der Waals surface area contributed by atoms with Crippen molar-refractivity contribution < 1.29 is 26.7 Å². The highest BCUT2D eigenvalue weighted by molar-refractivity contribution is 7.92. The zero-order valence-corrected chi connectivity index (χ0v) is 20.3. The van der Waals surface area contributed by atoms with Crippen LogP contribution in [0, 0.1) is 0 Å². The Kier molecular flexibility index (Phi) is 5.74. The normalized spacial score (nSPS) is 20.5. The number of carboxylic acid groups (broad SMARTS) is 1. The molecule has 34 heavy (non-hydrogen) atoms. The average Bonchev–Trinajstić information content (AvgIpc) is 3.51. The minimum absolute atomic E-state index is 0.0125. The second-order valence-corrected chi connectivity index (χ2v) is 13.6. The number of rotatable bonds is 5. The van der Waals surface area contributed by atoms with E-state index in [9.17, 15) is 26.7 Å². The predicted molar refractivity (Wildman–Crippen MR) is 129 cm³/mol. The lowest BCUT2D eigenvalue weighted by Crippen LogP contribution is -2.35. The highest BCUT2D eigenvalue weighted by atomic mass is 32.2. The molecule has 2 aliphatic rings. The van der Waals surface area contributed by atoms with E-state index in [0.717, 1.165) is 51.3 Å². The molecule has 0 spiro atoms. The number of aromatic nitrogens is 2. The monoisotopic (exact) mass is 522 g/mol. The van der Waals surface area contributed by atoms with E-state index in [4.69, 9.17) is 0 Å². The fraction of sp³-hybridized carbons (Fsp3) is 0.333. The lowest BCUT2D eigenvalue weighted by molar-refractivity contribution is 0.161. The second-order valence-electron chi connectivity index (χ2n) is 8.38. The fourth-order valence-electron chi connectivity index (χ4n) is 4.30. The fourth-order valence-corrected chi connectivity index (χ4v) is 8.71. The van der Waals surface area contributed by atoms with Crippen LogP contribution >= 0.6 is 11.3 Å². The third-order valence-electron chi connectivity index (χ3n) is 5.95. The molecule has 3 aromatic rings. The Balaban J connectivity index is 1.45. The number of hydrogen-bond donors (Lipinski definition) is 3. The molecule has 0 aliphatic carbocycles. The van der Waals surface area contributed by atoms with E-state index in [0.29, 0.717) is 12.2 Å². The van der Waals surface area contributed by atoms with Gasteiger partial charge in [0.2, 0.25) is 10.0 Å². The number of sulfonamides is 1. The number of amides is 1. The minimum atomic E-state index is -3.85. The minimum Gasteiger partial charge on any atom is -0.465 e. The molecule has 1 fully saturated rings. The molecule has 0 radical (unpaired) electrons. The Hall–Kier alpha value is -2.74. The first kappa shape index (κ1) is 23.0. The van der Waals surface area contributed by atoms with Crippen LogP contribution in [0.15, 0.2) is 40.9 Å². The zero-order chi connectivity index (χ0) is 24.1. The third-order valence-corrected chi connectivity index (χ3v) is 10.8. The van der Waals surface area contributed by atoms with Crippen LogP contribution in [0.2, 0.25) is 0 Å². The lowest BCUT2D eigenvalue weighted by atomic mass is 10.0. The molecule has 10 nitrogen and oxygen atoms in total. The molecule has 0 saturated carbocycles. The summed E-state index contributed by atoms with van der Waals surface area (Å²) in [5, 5.41) is 10.1. The summed E-state index contributed by atoms with van der Waals surface area (Å²) >= 11 is 1.10. The van der Waals surface area contributed by atoms with Gasteiger partial charge in [-0.2, -0.15) is 0 Å². The van der Waals surface area contributed by atoms with Crippen molar-refractivity contribution in [3.8, 4) is 10.4 Å². The smallest absolute Gasteiger partial charge is 0.411 e. The molecule has 2 aliphatic heterocycles. The molecule has 1 amide bonds. The number of pyridine rings is 1. The largest absolute Gasteiger partial charge is 0.465 e. The van der Waals surface area contributed by atoms with Crippen LogP contribution in [-0.2, 0) is 19.9 Å². The van der Waals surface area contributed by atoms with E-state index in [1.807, 2.05) is 6.07 Å². The van der Waals surface area contributed by atoms with Crippen LogP contribution in [0.5, 0.6) is 0 Å².